The van der Waals surface area contributed by atoms with Gasteiger partial charge in [-0.05, 0) is 64.2 Å². The third-order valence-corrected chi connectivity index (χ3v) is 8.45. The monoisotopic (exact) mass is 654 g/mol. The zero-order chi connectivity index (χ0) is 34.3. The highest BCUT2D eigenvalue weighted by molar-refractivity contribution is 5.76. The summed E-state index contributed by atoms with van der Waals surface area (Å²) in [5, 5.41) is 22.8. The zero-order valence-corrected chi connectivity index (χ0v) is 30.8. The summed E-state index contributed by atoms with van der Waals surface area (Å²) in [5.74, 6) is -0.0752. The molecule has 0 fully saturated rings. The van der Waals surface area contributed by atoms with Gasteiger partial charge >= 0.3 is 0 Å². The van der Waals surface area contributed by atoms with Gasteiger partial charge in [0.2, 0.25) is 5.91 Å². The van der Waals surface area contributed by atoms with Crippen LogP contribution in [-0.4, -0.2) is 34.9 Å². The molecule has 0 aliphatic heterocycles. The number of allylic oxidation sites excluding steroid dienone is 11. The van der Waals surface area contributed by atoms with Crippen LogP contribution >= 0.6 is 0 Å². The Morgan fingerprint density at radius 3 is 1.40 bits per heavy atom. The highest BCUT2D eigenvalue weighted by Crippen LogP contribution is 2.13. The van der Waals surface area contributed by atoms with E-state index in [0.717, 1.165) is 57.8 Å². The highest BCUT2D eigenvalue weighted by Gasteiger charge is 2.17. The third kappa shape index (κ3) is 35.0. The number of amides is 1. The van der Waals surface area contributed by atoms with Crippen molar-refractivity contribution in [1.29, 1.82) is 0 Å². The Morgan fingerprint density at radius 1 is 0.532 bits per heavy atom. The molecule has 2 unspecified atom stereocenters. The van der Waals surface area contributed by atoms with Crippen molar-refractivity contribution in [2.75, 3.05) is 6.61 Å². The molecule has 0 aliphatic carbocycles. The van der Waals surface area contributed by atoms with Crippen LogP contribution in [0, 0.1) is 0 Å². The maximum absolute atomic E-state index is 12.3. The van der Waals surface area contributed by atoms with Crippen LogP contribution in [-0.2, 0) is 4.79 Å². The predicted octanol–water partition coefficient (Wildman–Crippen LogP) is 12.0. The Hall–Kier alpha value is -2.17. The first-order valence-electron chi connectivity index (χ1n) is 19.7. The van der Waals surface area contributed by atoms with Gasteiger partial charge in [-0.15, -0.1) is 0 Å². The smallest absolute Gasteiger partial charge is 0.220 e. The number of hydrogen-bond donors (Lipinski definition) is 3. The summed E-state index contributed by atoms with van der Waals surface area (Å²) in [6.45, 7) is 4.14. The summed E-state index contributed by atoms with van der Waals surface area (Å²) < 4.78 is 0. The first kappa shape index (κ1) is 44.8. The number of carbonyl (C=O) groups is 1. The minimum atomic E-state index is -0.840. The van der Waals surface area contributed by atoms with Crippen molar-refractivity contribution >= 4 is 5.91 Å². The third-order valence-electron chi connectivity index (χ3n) is 8.45. The fraction of sp³-hybridized carbons (Fsp3) is 0.698. The Labute approximate surface area is 291 Å². The van der Waals surface area contributed by atoms with E-state index in [4.69, 9.17) is 0 Å². The average molecular weight is 654 g/mol. The summed E-state index contributed by atoms with van der Waals surface area (Å²) in [7, 11) is 0. The second kappa shape index (κ2) is 38.3. The summed E-state index contributed by atoms with van der Waals surface area (Å²) in [5.41, 5.74) is 0. The molecule has 0 radical (unpaired) electrons. The molecule has 0 saturated heterocycles. The standard InChI is InChI=1S/C43H75NO3/c1-3-5-7-9-11-13-14-15-16-17-18-19-20-21-22-23-24-25-26-27-28-29-30-31-33-35-37-39-43(47)44-41(40-45)42(46)38-36-34-32-12-10-8-6-4-2/h5,7,11,13,15-16,18-19,21-22,36,38,41-42,45-46H,3-4,6,8-10,12,14,17,20,23-35,37,39-40H2,1-2H3,(H,44,47)/b7-5-,13-11-,16-15-,19-18-,22-21-,38-36+. The van der Waals surface area contributed by atoms with Gasteiger partial charge in [0.1, 0.15) is 0 Å². The van der Waals surface area contributed by atoms with Crippen molar-refractivity contribution in [1.82, 2.24) is 5.32 Å². The number of aliphatic hydroxyl groups is 2. The highest BCUT2D eigenvalue weighted by atomic mass is 16.3. The predicted molar refractivity (Wildman–Crippen MR) is 207 cm³/mol. The number of unbranched alkanes of at least 4 members (excludes halogenated alkanes) is 17. The lowest BCUT2D eigenvalue weighted by molar-refractivity contribution is -0.123. The van der Waals surface area contributed by atoms with Crippen molar-refractivity contribution in [2.45, 2.75) is 187 Å². The molecule has 4 nitrogen and oxygen atoms in total. The van der Waals surface area contributed by atoms with E-state index in [1.165, 1.54) is 96.3 Å². The Kier molecular flexibility index (Phi) is 36.5. The minimum Gasteiger partial charge on any atom is -0.394 e. The zero-order valence-electron chi connectivity index (χ0n) is 30.8. The number of aliphatic hydroxyl groups excluding tert-OH is 2. The van der Waals surface area contributed by atoms with E-state index in [9.17, 15) is 15.0 Å². The van der Waals surface area contributed by atoms with Crippen molar-refractivity contribution in [2.24, 2.45) is 0 Å². The first-order chi connectivity index (χ1) is 23.2. The molecule has 0 aliphatic rings. The largest absolute Gasteiger partial charge is 0.394 e. The SMILES string of the molecule is CC/C=C\C/C=C\C/C=C\C/C=C\C/C=C\CCCCCCCCCCCCCC(=O)NC(CO)C(O)/C=C/CCCCCCCC. The molecule has 3 N–H and O–H groups in total. The fourth-order valence-corrected chi connectivity index (χ4v) is 5.44. The maximum Gasteiger partial charge on any atom is 0.220 e. The first-order valence-corrected chi connectivity index (χ1v) is 19.7. The quantitative estimate of drug-likeness (QED) is 0.0478. The number of rotatable bonds is 34. The van der Waals surface area contributed by atoms with Crippen LogP contribution in [0.25, 0.3) is 0 Å². The van der Waals surface area contributed by atoms with Crippen molar-refractivity contribution in [3.05, 3.63) is 72.9 Å². The molecule has 0 aromatic carbocycles. The molecule has 2 atom stereocenters. The fourth-order valence-electron chi connectivity index (χ4n) is 5.44. The summed E-state index contributed by atoms with van der Waals surface area (Å²) in [6.07, 6.45) is 54.3. The van der Waals surface area contributed by atoms with Gasteiger partial charge in [-0.25, -0.2) is 0 Å². The van der Waals surface area contributed by atoms with Gasteiger partial charge in [-0.2, -0.15) is 0 Å². The van der Waals surface area contributed by atoms with Gasteiger partial charge in [0.25, 0.3) is 0 Å². The molecule has 0 saturated carbocycles. The van der Waals surface area contributed by atoms with Gasteiger partial charge in [0, 0.05) is 6.42 Å². The van der Waals surface area contributed by atoms with Crippen LogP contribution < -0.4 is 5.32 Å². The molecule has 0 aromatic heterocycles. The normalized spacial score (nSPS) is 13.9. The van der Waals surface area contributed by atoms with E-state index in [1.807, 2.05) is 6.08 Å². The van der Waals surface area contributed by atoms with E-state index in [0.29, 0.717) is 6.42 Å². The van der Waals surface area contributed by atoms with Gasteiger partial charge in [-0.3, -0.25) is 4.79 Å². The molecular weight excluding hydrogens is 578 g/mol. The van der Waals surface area contributed by atoms with Crippen LogP contribution in [0.5, 0.6) is 0 Å². The van der Waals surface area contributed by atoms with Crippen molar-refractivity contribution in [3.8, 4) is 0 Å². The lowest BCUT2D eigenvalue weighted by Crippen LogP contribution is -2.45. The lowest BCUT2D eigenvalue weighted by Gasteiger charge is -2.20. The van der Waals surface area contributed by atoms with Gasteiger partial charge in [0.15, 0.2) is 0 Å². The van der Waals surface area contributed by atoms with E-state index >= 15 is 0 Å². The molecule has 0 spiro atoms. The number of carbonyl (C=O) groups excluding carboxylic acids is 1. The molecule has 47 heavy (non-hydrogen) atoms. The second-order valence-corrected chi connectivity index (χ2v) is 13.0. The molecule has 0 rings (SSSR count). The topological polar surface area (TPSA) is 69.6 Å². The van der Waals surface area contributed by atoms with E-state index < -0.39 is 12.1 Å². The molecule has 1 amide bonds. The van der Waals surface area contributed by atoms with Crippen LogP contribution in [0.15, 0.2) is 72.9 Å². The van der Waals surface area contributed by atoms with Gasteiger partial charge in [0.05, 0.1) is 18.8 Å². The maximum atomic E-state index is 12.3. The molecule has 4 heteroatoms. The average Bonchev–Trinajstić information content (AvgIpc) is 3.07. The lowest BCUT2D eigenvalue weighted by atomic mass is 10.0. The van der Waals surface area contributed by atoms with E-state index in [-0.39, 0.29) is 12.5 Å². The second-order valence-electron chi connectivity index (χ2n) is 13.0. The number of hydrogen-bond acceptors (Lipinski definition) is 3. The molecule has 0 heterocycles. The van der Waals surface area contributed by atoms with Crippen molar-refractivity contribution in [3.63, 3.8) is 0 Å². The molecule has 0 aromatic rings. The molecule has 0 bridgehead atoms. The van der Waals surface area contributed by atoms with Gasteiger partial charge < -0.3 is 15.5 Å². The van der Waals surface area contributed by atoms with Crippen molar-refractivity contribution < 1.29 is 15.0 Å². The van der Waals surface area contributed by atoms with Crippen LogP contribution in [0.1, 0.15) is 174 Å². The van der Waals surface area contributed by atoms with E-state index in [1.54, 1.807) is 6.08 Å². The Morgan fingerprint density at radius 2 is 0.936 bits per heavy atom. The van der Waals surface area contributed by atoms with E-state index in [2.05, 4.69) is 79.9 Å². The molecular formula is C43H75NO3. The molecule has 270 valence electrons. The van der Waals surface area contributed by atoms with Gasteiger partial charge in [-0.1, -0.05) is 177 Å². The summed E-state index contributed by atoms with van der Waals surface area (Å²) in [6, 6.07) is -0.624. The number of nitrogens with one attached hydrogen (secondary N) is 1. The van der Waals surface area contributed by atoms with Crippen LogP contribution in [0.4, 0.5) is 0 Å². The van der Waals surface area contributed by atoms with Crippen LogP contribution in [0.3, 0.4) is 0 Å². The minimum absolute atomic E-state index is 0.0752. The Balaban J connectivity index is 3.56. The summed E-state index contributed by atoms with van der Waals surface area (Å²) in [4.78, 5) is 12.3. The summed E-state index contributed by atoms with van der Waals surface area (Å²) >= 11 is 0. The van der Waals surface area contributed by atoms with Crippen LogP contribution in [0.2, 0.25) is 0 Å². The Bertz CT molecular complexity index is 838.